The molecule has 0 saturated heterocycles. The van der Waals surface area contributed by atoms with E-state index in [0.29, 0.717) is 22.6 Å². The quantitative estimate of drug-likeness (QED) is 0.368. The molecule has 1 N–H and O–H groups in total. The molecule has 1 aliphatic rings. The molecule has 12 heteroatoms. The summed E-state index contributed by atoms with van der Waals surface area (Å²) >= 11 is 1.21. The van der Waals surface area contributed by atoms with Crippen molar-refractivity contribution in [2.24, 2.45) is 9.98 Å². The van der Waals surface area contributed by atoms with Crippen molar-refractivity contribution in [3.05, 3.63) is 86.0 Å². The molecule has 4 rings (SSSR count). The normalized spacial score (nSPS) is 15.1. The van der Waals surface area contributed by atoms with Gasteiger partial charge in [-0.15, -0.1) is 16.3 Å². The summed E-state index contributed by atoms with van der Waals surface area (Å²) in [5.74, 6) is -1.66. The molecule has 0 spiro atoms. The van der Waals surface area contributed by atoms with Crippen LogP contribution >= 0.6 is 11.3 Å². The first-order chi connectivity index (χ1) is 16.7. The number of aliphatic imine (C=N–C) groups is 2. The lowest BCUT2D eigenvalue weighted by Crippen LogP contribution is -2.23. The van der Waals surface area contributed by atoms with Gasteiger partial charge >= 0.3 is 6.18 Å². The number of thiazole rings is 1. The maximum atomic E-state index is 14.7. The van der Waals surface area contributed by atoms with E-state index in [1.54, 1.807) is 11.6 Å². The van der Waals surface area contributed by atoms with Crippen LogP contribution in [0.2, 0.25) is 0 Å². The zero-order valence-electron chi connectivity index (χ0n) is 18.1. The zero-order chi connectivity index (χ0) is 25.2. The van der Waals surface area contributed by atoms with Crippen LogP contribution in [0, 0.1) is 12.4 Å². The molecule has 1 amide bonds. The Balaban J connectivity index is 1.49. The molecule has 1 unspecified atom stereocenters. The summed E-state index contributed by atoms with van der Waals surface area (Å²) in [7, 11) is 0. The van der Waals surface area contributed by atoms with E-state index >= 15 is 0 Å². The Bertz CT molecular complexity index is 1390. The van der Waals surface area contributed by atoms with E-state index < -0.39 is 29.5 Å². The summed E-state index contributed by atoms with van der Waals surface area (Å²) in [4.78, 5) is 31.8. The lowest BCUT2D eigenvalue weighted by atomic mass is 10.1. The van der Waals surface area contributed by atoms with E-state index in [2.05, 4.69) is 30.1 Å². The van der Waals surface area contributed by atoms with Crippen LogP contribution < -0.4 is 5.32 Å². The number of aryl methyl sites for hydroxylation is 1. The van der Waals surface area contributed by atoms with Crippen molar-refractivity contribution in [2.75, 3.05) is 0 Å². The molecule has 3 aromatic rings. The molecule has 1 aliphatic heterocycles. The molecule has 35 heavy (non-hydrogen) atoms. The molecule has 0 bridgehead atoms. The Labute approximate surface area is 201 Å². The number of hydrogen-bond donors (Lipinski definition) is 1. The highest BCUT2D eigenvalue weighted by atomic mass is 32.1. The minimum absolute atomic E-state index is 0.0340. The summed E-state index contributed by atoms with van der Waals surface area (Å²) in [6.45, 7) is 8.73. The van der Waals surface area contributed by atoms with E-state index in [0.717, 1.165) is 12.3 Å². The van der Waals surface area contributed by atoms with Crippen LogP contribution in [0.4, 0.5) is 23.4 Å². The lowest BCUT2D eigenvalue weighted by molar-refractivity contribution is -0.137. The molecule has 0 fully saturated rings. The third-order valence-corrected chi connectivity index (χ3v) is 6.04. The predicted molar refractivity (Wildman–Crippen MR) is 122 cm³/mol. The fourth-order valence-corrected chi connectivity index (χ4v) is 4.17. The number of nitrogens with one attached hydrogen (secondary N) is 1. The van der Waals surface area contributed by atoms with Gasteiger partial charge in [0, 0.05) is 23.2 Å². The van der Waals surface area contributed by atoms with Crippen LogP contribution in [0.5, 0.6) is 0 Å². The van der Waals surface area contributed by atoms with E-state index in [1.165, 1.54) is 29.7 Å². The molecule has 2 aromatic heterocycles. The SMILES string of the molecule is [C-]#[N+]c1ncc(C2=NC(c3ccc(CNC(=O)c4scnc4CC)c(F)c3)N=C2)cc1C(F)(F)F. The third kappa shape index (κ3) is 5.09. The first-order valence-electron chi connectivity index (χ1n) is 10.3. The predicted octanol–water partition coefficient (Wildman–Crippen LogP) is 5.31. The van der Waals surface area contributed by atoms with Gasteiger partial charge in [0.15, 0.2) is 6.17 Å². The molecule has 0 aliphatic carbocycles. The van der Waals surface area contributed by atoms with Crippen molar-refractivity contribution in [2.45, 2.75) is 32.2 Å². The number of rotatable bonds is 6. The standard InChI is InChI=1S/C23H16F4N6OS/c1-3-17-19(35-11-32-17)22(34)31-8-13-5-4-12(7-16(13)24)20-30-10-18(33-20)14-6-15(23(25,26)27)21(28-2)29-9-14/h4-7,9-11,20H,3,8H2,1H3,(H,31,34). The maximum Gasteiger partial charge on any atom is 0.409 e. The molecule has 1 aromatic carbocycles. The van der Waals surface area contributed by atoms with Gasteiger partial charge in [-0.25, -0.2) is 9.37 Å². The number of carbonyl (C=O) groups excluding carboxylic acids is 1. The van der Waals surface area contributed by atoms with Gasteiger partial charge < -0.3 is 10.2 Å². The van der Waals surface area contributed by atoms with Crippen molar-refractivity contribution < 1.29 is 22.4 Å². The van der Waals surface area contributed by atoms with Crippen molar-refractivity contribution in [1.82, 2.24) is 15.3 Å². The van der Waals surface area contributed by atoms with Crippen LogP contribution in [-0.2, 0) is 19.1 Å². The van der Waals surface area contributed by atoms with Crippen LogP contribution in [-0.4, -0.2) is 27.8 Å². The zero-order valence-corrected chi connectivity index (χ0v) is 18.9. The Hall–Kier alpha value is -3.98. The molecule has 178 valence electrons. The van der Waals surface area contributed by atoms with Gasteiger partial charge in [-0.2, -0.15) is 13.2 Å². The number of alkyl halides is 3. The van der Waals surface area contributed by atoms with Gasteiger partial charge in [0.25, 0.3) is 11.7 Å². The fraction of sp³-hybridized carbons (Fsp3) is 0.217. The lowest BCUT2D eigenvalue weighted by Gasteiger charge is -2.10. The first kappa shape index (κ1) is 24.2. The van der Waals surface area contributed by atoms with Gasteiger partial charge in [-0.3, -0.25) is 14.8 Å². The summed E-state index contributed by atoms with van der Waals surface area (Å²) in [5.41, 5.74) is 1.93. The minimum atomic E-state index is -4.74. The molecule has 1 atom stereocenters. The summed E-state index contributed by atoms with van der Waals surface area (Å²) < 4.78 is 54.4. The Kier molecular flexibility index (Phi) is 6.70. The van der Waals surface area contributed by atoms with Gasteiger partial charge in [0.05, 0.1) is 28.7 Å². The first-order valence-corrected chi connectivity index (χ1v) is 11.1. The molecule has 0 saturated carbocycles. The van der Waals surface area contributed by atoms with Crippen molar-refractivity contribution >= 4 is 35.0 Å². The van der Waals surface area contributed by atoms with Crippen molar-refractivity contribution in [3.63, 3.8) is 0 Å². The highest BCUT2D eigenvalue weighted by Gasteiger charge is 2.35. The van der Waals surface area contributed by atoms with E-state index in [9.17, 15) is 22.4 Å². The highest BCUT2D eigenvalue weighted by Crippen LogP contribution is 2.36. The third-order valence-electron chi connectivity index (χ3n) is 5.17. The monoisotopic (exact) mass is 500 g/mol. The maximum absolute atomic E-state index is 14.7. The number of halogens is 4. The number of aromatic nitrogens is 2. The van der Waals surface area contributed by atoms with Crippen molar-refractivity contribution in [3.8, 4) is 0 Å². The topological polar surface area (TPSA) is 84.0 Å². The average Bonchev–Trinajstić information content (AvgIpc) is 3.52. The number of hydrogen-bond acceptors (Lipinski definition) is 6. The van der Waals surface area contributed by atoms with Gasteiger partial charge in [-0.1, -0.05) is 25.6 Å². The Morgan fingerprint density at radius 2 is 2.06 bits per heavy atom. The van der Waals surface area contributed by atoms with Crippen LogP contribution in [0.1, 0.15) is 50.7 Å². The van der Waals surface area contributed by atoms with Crippen LogP contribution in [0.25, 0.3) is 4.85 Å². The fourth-order valence-electron chi connectivity index (χ4n) is 3.37. The number of nitrogens with zero attached hydrogens (tertiary/aromatic N) is 5. The second-order valence-corrected chi connectivity index (χ2v) is 8.24. The second-order valence-electron chi connectivity index (χ2n) is 7.39. The Morgan fingerprint density at radius 3 is 2.74 bits per heavy atom. The van der Waals surface area contributed by atoms with Gasteiger partial charge in [-0.05, 0) is 18.6 Å². The van der Waals surface area contributed by atoms with Crippen LogP contribution in [0.15, 0.2) is 46.0 Å². The molecule has 7 nitrogen and oxygen atoms in total. The summed E-state index contributed by atoms with van der Waals surface area (Å²) in [5, 5.41) is 2.68. The van der Waals surface area contributed by atoms with Crippen LogP contribution in [0.3, 0.4) is 0 Å². The van der Waals surface area contributed by atoms with E-state index in [-0.39, 0.29) is 29.3 Å². The number of carbonyl (C=O) groups is 1. The largest absolute Gasteiger partial charge is 0.409 e. The van der Waals surface area contributed by atoms with Gasteiger partial charge in [0.2, 0.25) is 0 Å². The summed E-state index contributed by atoms with van der Waals surface area (Å²) in [6, 6.07) is 5.11. The highest BCUT2D eigenvalue weighted by molar-refractivity contribution is 7.11. The van der Waals surface area contributed by atoms with Gasteiger partial charge in [0.1, 0.15) is 16.9 Å². The molecule has 0 radical (unpaired) electrons. The number of amides is 1. The number of benzene rings is 1. The average molecular weight is 500 g/mol. The van der Waals surface area contributed by atoms with E-state index in [1.807, 2.05) is 6.92 Å². The number of pyridine rings is 1. The second kappa shape index (κ2) is 9.71. The Morgan fingerprint density at radius 1 is 1.26 bits per heavy atom. The summed E-state index contributed by atoms with van der Waals surface area (Å²) in [6.07, 6.45) is -2.58. The molecular weight excluding hydrogens is 484 g/mol. The molecule has 3 heterocycles. The molecular formula is C23H16F4N6OS. The van der Waals surface area contributed by atoms with Crippen molar-refractivity contribution in [1.29, 1.82) is 0 Å². The minimum Gasteiger partial charge on any atom is -0.360 e. The smallest absolute Gasteiger partial charge is 0.360 e. The van der Waals surface area contributed by atoms with E-state index in [4.69, 9.17) is 6.57 Å².